The van der Waals surface area contributed by atoms with E-state index < -0.39 is 11.4 Å². The fraction of sp³-hybridized carbons (Fsp3) is 0.875. The molecule has 1 fully saturated rings. The van der Waals surface area contributed by atoms with E-state index >= 15 is 0 Å². The number of likely N-dealkylation sites (tertiary alicyclic amines) is 1. The highest BCUT2D eigenvalue weighted by atomic mass is 16.4. The second-order valence-corrected chi connectivity index (χ2v) is 6.27. The van der Waals surface area contributed by atoms with Gasteiger partial charge in [0.15, 0.2) is 0 Å². The van der Waals surface area contributed by atoms with Crippen molar-refractivity contribution in [3.05, 3.63) is 0 Å². The zero-order valence-electron chi connectivity index (χ0n) is 13.7. The van der Waals surface area contributed by atoms with Crippen molar-refractivity contribution in [3.8, 4) is 0 Å². The molecule has 122 valence electrons. The lowest BCUT2D eigenvalue weighted by Crippen LogP contribution is -2.53. The molecule has 0 aliphatic carbocycles. The van der Waals surface area contributed by atoms with E-state index in [4.69, 9.17) is 0 Å². The van der Waals surface area contributed by atoms with Gasteiger partial charge < -0.3 is 14.9 Å². The van der Waals surface area contributed by atoms with Crippen molar-refractivity contribution in [2.45, 2.75) is 58.8 Å². The molecule has 2 amide bonds. The number of carbonyl (C=O) groups excluding carboxylic acids is 1. The number of nitrogens with zero attached hydrogens (tertiary/aromatic N) is 2. The van der Waals surface area contributed by atoms with Crippen molar-refractivity contribution < 1.29 is 14.7 Å². The Hall–Kier alpha value is -1.26. The van der Waals surface area contributed by atoms with Gasteiger partial charge in [0.25, 0.3) is 0 Å². The van der Waals surface area contributed by atoms with Crippen LogP contribution in [0.4, 0.5) is 4.79 Å². The van der Waals surface area contributed by atoms with E-state index in [0.717, 1.165) is 38.6 Å². The molecular formula is C16H30N2O3. The zero-order chi connectivity index (χ0) is 15.9. The predicted molar refractivity (Wildman–Crippen MR) is 83.3 cm³/mol. The number of carboxylic acid groups (broad SMARTS) is 1. The number of aliphatic carboxylic acids is 1. The van der Waals surface area contributed by atoms with Crippen LogP contribution in [0.5, 0.6) is 0 Å². The van der Waals surface area contributed by atoms with E-state index in [9.17, 15) is 14.7 Å². The van der Waals surface area contributed by atoms with Crippen molar-refractivity contribution in [1.29, 1.82) is 0 Å². The van der Waals surface area contributed by atoms with Gasteiger partial charge >= 0.3 is 12.0 Å². The van der Waals surface area contributed by atoms with Crippen LogP contribution in [-0.2, 0) is 4.79 Å². The Morgan fingerprint density at radius 1 is 1.24 bits per heavy atom. The minimum Gasteiger partial charge on any atom is -0.481 e. The fourth-order valence-corrected chi connectivity index (χ4v) is 3.20. The van der Waals surface area contributed by atoms with Gasteiger partial charge in [-0.2, -0.15) is 0 Å². The number of hydrogen-bond donors (Lipinski definition) is 1. The number of piperidine rings is 1. The van der Waals surface area contributed by atoms with Gasteiger partial charge in [0, 0.05) is 26.7 Å². The molecule has 0 radical (unpaired) electrons. The maximum Gasteiger partial charge on any atom is 0.319 e. The third kappa shape index (κ3) is 4.61. The summed E-state index contributed by atoms with van der Waals surface area (Å²) in [7, 11) is 1.81. The Bertz CT molecular complexity index is 355. The largest absolute Gasteiger partial charge is 0.481 e. The smallest absolute Gasteiger partial charge is 0.319 e. The number of rotatable bonds is 7. The summed E-state index contributed by atoms with van der Waals surface area (Å²) < 4.78 is 0. The summed E-state index contributed by atoms with van der Waals surface area (Å²) in [4.78, 5) is 27.6. The van der Waals surface area contributed by atoms with E-state index in [0.29, 0.717) is 25.9 Å². The van der Waals surface area contributed by atoms with Crippen LogP contribution in [0.3, 0.4) is 0 Å². The molecule has 1 heterocycles. The van der Waals surface area contributed by atoms with Gasteiger partial charge in [-0.15, -0.1) is 0 Å². The first kappa shape index (κ1) is 17.8. The highest BCUT2D eigenvalue weighted by Crippen LogP contribution is 2.35. The molecule has 0 saturated carbocycles. The molecule has 1 aliphatic heterocycles. The standard InChI is InChI=1S/C16H30N2O3/c1-4-6-7-11-17(3)15(21)18-12-8-10-16(13-18,9-5-2)14(19)20/h4-13H2,1-3H3,(H,19,20). The number of carbonyl (C=O) groups is 2. The molecule has 1 aliphatic rings. The van der Waals surface area contributed by atoms with E-state index in [2.05, 4.69) is 6.92 Å². The first-order valence-electron chi connectivity index (χ1n) is 8.20. The summed E-state index contributed by atoms with van der Waals surface area (Å²) in [5.74, 6) is -0.754. The minimum absolute atomic E-state index is 0.0208. The molecule has 0 bridgehead atoms. The molecule has 0 aromatic heterocycles. The first-order chi connectivity index (χ1) is 9.96. The maximum absolute atomic E-state index is 12.5. The van der Waals surface area contributed by atoms with Gasteiger partial charge in [-0.1, -0.05) is 33.1 Å². The Kier molecular flexibility index (Phi) is 6.99. The van der Waals surface area contributed by atoms with E-state index in [-0.39, 0.29) is 6.03 Å². The van der Waals surface area contributed by atoms with Crippen LogP contribution >= 0.6 is 0 Å². The molecule has 0 aromatic carbocycles. The van der Waals surface area contributed by atoms with E-state index in [1.807, 2.05) is 14.0 Å². The topological polar surface area (TPSA) is 60.9 Å². The zero-order valence-corrected chi connectivity index (χ0v) is 13.7. The fourth-order valence-electron chi connectivity index (χ4n) is 3.20. The summed E-state index contributed by atoms with van der Waals surface area (Å²) in [6, 6.07) is -0.0208. The van der Waals surface area contributed by atoms with Crippen molar-refractivity contribution >= 4 is 12.0 Å². The van der Waals surface area contributed by atoms with Crippen molar-refractivity contribution in [1.82, 2.24) is 9.80 Å². The highest BCUT2D eigenvalue weighted by molar-refractivity contribution is 5.78. The first-order valence-corrected chi connectivity index (χ1v) is 8.20. The molecule has 5 nitrogen and oxygen atoms in total. The summed E-state index contributed by atoms with van der Waals surface area (Å²) in [5.41, 5.74) is -0.743. The van der Waals surface area contributed by atoms with Crippen molar-refractivity contribution in [3.63, 3.8) is 0 Å². The SMILES string of the molecule is CCCCCN(C)C(=O)N1CCCC(CCC)(C(=O)O)C1. The van der Waals surface area contributed by atoms with Gasteiger partial charge in [0.1, 0.15) is 0 Å². The summed E-state index contributed by atoms with van der Waals surface area (Å²) >= 11 is 0. The molecule has 1 atom stereocenters. The molecule has 0 aromatic rings. The average molecular weight is 298 g/mol. The number of urea groups is 1. The number of amides is 2. The third-order valence-corrected chi connectivity index (χ3v) is 4.45. The van der Waals surface area contributed by atoms with Crippen molar-refractivity contribution in [2.75, 3.05) is 26.7 Å². The average Bonchev–Trinajstić information content (AvgIpc) is 2.47. The summed E-state index contributed by atoms with van der Waals surface area (Å²) in [6.45, 7) is 5.92. The normalized spacial score (nSPS) is 22.1. The van der Waals surface area contributed by atoms with Crippen molar-refractivity contribution in [2.24, 2.45) is 5.41 Å². The van der Waals surface area contributed by atoms with Crippen LogP contribution in [0.1, 0.15) is 58.8 Å². The van der Waals surface area contributed by atoms with E-state index in [1.165, 1.54) is 0 Å². The molecular weight excluding hydrogens is 268 g/mol. The molecule has 0 spiro atoms. The lowest BCUT2D eigenvalue weighted by Gasteiger charge is -2.41. The molecule has 1 saturated heterocycles. The van der Waals surface area contributed by atoms with Gasteiger partial charge in [-0.25, -0.2) is 4.79 Å². The molecule has 5 heteroatoms. The number of unbranched alkanes of at least 4 members (excludes halogenated alkanes) is 2. The Morgan fingerprint density at radius 3 is 2.52 bits per heavy atom. The van der Waals surface area contributed by atoms with Crippen LogP contribution in [0.2, 0.25) is 0 Å². The lowest BCUT2D eigenvalue weighted by molar-refractivity contribution is -0.152. The summed E-state index contributed by atoms with van der Waals surface area (Å²) in [5, 5.41) is 9.58. The minimum atomic E-state index is -0.754. The highest BCUT2D eigenvalue weighted by Gasteiger charge is 2.43. The maximum atomic E-state index is 12.5. The van der Waals surface area contributed by atoms with E-state index in [1.54, 1.807) is 9.80 Å². The molecule has 21 heavy (non-hydrogen) atoms. The molecule has 1 N–H and O–H groups in total. The van der Waals surface area contributed by atoms with Gasteiger partial charge in [0.2, 0.25) is 0 Å². The quantitative estimate of drug-likeness (QED) is 0.734. The van der Waals surface area contributed by atoms with Gasteiger partial charge in [0.05, 0.1) is 5.41 Å². The Balaban J connectivity index is 2.65. The van der Waals surface area contributed by atoms with Crippen LogP contribution in [-0.4, -0.2) is 53.6 Å². The van der Waals surface area contributed by atoms with Crippen LogP contribution in [0, 0.1) is 5.41 Å². The number of hydrogen-bond acceptors (Lipinski definition) is 2. The Morgan fingerprint density at radius 2 is 1.95 bits per heavy atom. The van der Waals surface area contributed by atoms with Crippen LogP contribution in [0.25, 0.3) is 0 Å². The second kappa shape index (κ2) is 8.25. The van der Waals surface area contributed by atoms with Gasteiger partial charge in [-0.05, 0) is 25.7 Å². The molecule has 1 unspecified atom stereocenters. The summed E-state index contributed by atoms with van der Waals surface area (Å²) in [6.07, 6.45) is 6.19. The predicted octanol–water partition coefficient (Wildman–Crippen LogP) is 3.20. The van der Waals surface area contributed by atoms with Gasteiger partial charge in [-0.3, -0.25) is 4.79 Å². The molecule has 1 rings (SSSR count). The Labute approximate surface area is 128 Å². The van der Waals surface area contributed by atoms with Crippen LogP contribution < -0.4 is 0 Å². The lowest BCUT2D eigenvalue weighted by atomic mass is 9.76. The number of carboxylic acids is 1. The van der Waals surface area contributed by atoms with Crippen LogP contribution in [0.15, 0.2) is 0 Å². The monoisotopic (exact) mass is 298 g/mol. The second-order valence-electron chi connectivity index (χ2n) is 6.27. The third-order valence-electron chi connectivity index (χ3n) is 4.45.